The maximum absolute atomic E-state index is 14.4. The van der Waals surface area contributed by atoms with Crippen molar-refractivity contribution in [1.29, 1.82) is 0 Å². The smallest absolute Gasteiger partial charge is 0.410 e. The molecule has 2 unspecified atom stereocenters. The molecular weight excluding hydrogens is 1500 g/mol. The zero-order valence-corrected chi connectivity index (χ0v) is 60.9. The molecule has 0 saturated carbocycles. The van der Waals surface area contributed by atoms with Gasteiger partial charge in [0.15, 0.2) is 12.5 Å². The van der Waals surface area contributed by atoms with E-state index in [2.05, 4.69) is 73.2 Å². The highest BCUT2D eigenvalue weighted by Gasteiger charge is 2.30. The SMILES string of the molecule is CC(C)(C)OC(=O)N1CC[C@@H](N)C1.Cc1cncc(Cl)n1.Fc1cccc(F)c1-c1ccc2c(c1)C(c1cncc(N[C@@H]3CCNC3)n1)=NC2.Fc1cccc(F)c1-c1ccc2c(c1)c(-c1cncc(Cl)n1)nn2C1CCCCO1.Fc1cccc(F)c1-c1ccc2c(c1)c(I)nn2C1CCCCO1. The van der Waals surface area contributed by atoms with E-state index in [1.54, 1.807) is 66.1 Å². The first-order chi connectivity index (χ1) is 50.1. The van der Waals surface area contributed by atoms with Crippen LogP contribution in [0.2, 0.25) is 10.3 Å². The summed E-state index contributed by atoms with van der Waals surface area (Å²) in [6.45, 7) is 12.6. The summed E-state index contributed by atoms with van der Waals surface area (Å²) in [6.07, 6.45) is 16.9. The minimum Gasteiger partial charge on any atom is -0.444 e. The summed E-state index contributed by atoms with van der Waals surface area (Å²) in [4.78, 5) is 42.8. The molecule has 16 rings (SSSR count). The second-order valence-electron chi connectivity index (χ2n) is 26.3. The molecule has 19 nitrogen and oxygen atoms in total. The topological polar surface area (TPSA) is 223 Å². The number of carbonyl (C=O) groups is 1. The van der Waals surface area contributed by atoms with Gasteiger partial charge in [-0.15, -0.1) is 0 Å². The first-order valence-corrected chi connectivity index (χ1v) is 35.9. The molecule has 6 aromatic carbocycles. The molecule has 4 saturated heterocycles. The van der Waals surface area contributed by atoms with Crippen LogP contribution in [0.15, 0.2) is 151 Å². The van der Waals surface area contributed by atoms with Crippen LogP contribution in [0.3, 0.4) is 0 Å². The van der Waals surface area contributed by atoms with E-state index in [0.717, 1.165) is 115 Å². The fraction of sp³-hybridized carbons (Fsp3) is 0.316. The van der Waals surface area contributed by atoms with Crippen LogP contribution in [-0.2, 0) is 20.8 Å². The highest BCUT2D eigenvalue weighted by molar-refractivity contribution is 14.1. The molecule has 4 fully saturated rings. The van der Waals surface area contributed by atoms with Crippen LogP contribution in [0.25, 0.3) is 66.6 Å². The Kier molecular flexibility index (Phi) is 24.3. The van der Waals surface area contributed by atoms with Crippen molar-refractivity contribution in [3.63, 3.8) is 0 Å². The average Bonchev–Trinajstić information content (AvgIpc) is 1.60. The van der Waals surface area contributed by atoms with Gasteiger partial charge in [0.05, 0.1) is 76.7 Å². The molecule has 1 amide bonds. The molecule has 5 aliphatic heterocycles. The van der Waals surface area contributed by atoms with Crippen molar-refractivity contribution in [3.8, 4) is 44.8 Å². The first kappa shape index (κ1) is 74.7. The normalized spacial score (nSPS) is 17.7. The molecule has 540 valence electrons. The minimum absolute atomic E-state index is 0.00290. The molecule has 28 heteroatoms. The molecule has 5 aromatic heterocycles. The summed E-state index contributed by atoms with van der Waals surface area (Å²) in [6, 6.07) is 28.1. The lowest BCUT2D eigenvalue weighted by Gasteiger charge is -2.24. The standard InChI is InChI=1S/C22H17ClF2N4O.C22H19F2N5.C18H15F2IN2O.C9H18N2O2.C5H5ClN2/c23-19-12-26-11-17(27-19)22-14-10-13(21-15(24)4-3-5-16(21)25)7-8-18(14)29(28-22)20-6-1-2-9-30-20;23-17-2-1-3-18(24)21(17)13-4-5-14-9-27-22(16(14)8-13)19-11-26-12-20(29-19)28-15-6-7-25-10-15;19-13-4-3-5-14(20)17(13)11-7-8-15-12(10-11)18(21)22-23(15)16-6-1-2-9-24-16;1-9(2,3)13-8(12)11-5-4-7(10)6-11;1-4-2-7-3-5(6)8-4/h3-5,7-8,10-12,20H,1-2,6,9H2;1-5,8,11-12,15,25H,6-7,9-10H2,(H,28,29);3-5,7-8,10,16H,1-2,6,9H2;7H,4-6,10H2,1-3H3;2-3H,1H3/t;15-;;7-;/m.1.1./s1. The van der Waals surface area contributed by atoms with Crippen molar-refractivity contribution in [3.05, 3.63) is 218 Å². The number of nitrogens with zero attached hydrogens (tertiary/aromatic N) is 12. The second-order valence-corrected chi connectivity index (χ2v) is 28.1. The van der Waals surface area contributed by atoms with Crippen LogP contribution in [0.1, 0.15) is 107 Å². The molecule has 0 bridgehead atoms. The Labute approximate surface area is 620 Å². The zero-order chi connectivity index (χ0) is 73.2. The maximum atomic E-state index is 14.4. The van der Waals surface area contributed by atoms with E-state index in [9.17, 15) is 31.1 Å². The lowest BCUT2D eigenvalue weighted by atomic mass is 9.96. The number of nitrogens with two attached hydrogens (primary N) is 1. The Morgan fingerprint density at radius 3 is 1.69 bits per heavy atom. The molecule has 11 aromatic rings. The largest absolute Gasteiger partial charge is 0.444 e. The predicted octanol–water partition coefficient (Wildman–Crippen LogP) is 17.0. The first-order valence-electron chi connectivity index (χ1n) is 34.0. The number of benzene rings is 6. The minimum atomic E-state index is -0.624. The molecule has 0 aliphatic carbocycles. The lowest BCUT2D eigenvalue weighted by molar-refractivity contribution is -0.0369. The average molecular weight is 1570 g/mol. The van der Waals surface area contributed by atoms with E-state index in [4.69, 9.17) is 48.2 Å². The predicted molar refractivity (Wildman–Crippen MR) is 397 cm³/mol. The van der Waals surface area contributed by atoms with Crippen molar-refractivity contribution >= 4 is 85.2 Å². The molecule has 10 heterocycles. The van der Waals surface area contributed by atoms with Gasteiger partial charge in [-0.25, -0.2) is 55.5 Å². The van der Waals surface area contributed by atoms with E-state index in [-0.39, 0.29) is 46.4 Å². The van der Waals surface area contributed by atoms with Crippen LogP contribution in [0, 0.1) is 45.5 Å². The Bertz CT molecular complexity index is 4830. The summed E-state index contributed by atoms with van der Waals surface area (Å²) in [5.41, 5.74) is 13.3. The number of hydrogen-bond acceptors (Lipinski definition) is 16. The van der Waals surface area contributed by atoms with Crippen molar-refractivity contribution in [2.45, 2.75) is 116 Å². The summed E-state index contributed by atoms with van der Waals surface area (Å²) < 4.78 is 107. The van der Waals surface area contributed by atoms with Crippen molar-refractivity contribution in [2.24, 2.45) is 10.7 Å². The molecular formula is C76H74Cl2F6IN15O4. The quantitative estimate of drug-likeness (QED) is 0.0903. The van der Waals surface area contributed by atoms with Crippen molar-refractivity contribution < 1.29 is 45.3 Å². The molecule has 0 radical (unpaired) electrons. The van der Waals surface area contributed by atoms with Gasteiger partial charge >= 0.3 is 6.09 Å². The Morgan fingerprint density at radius 2 is 1.17 bits per heavy atom. The number of amides is 1. The fourth-order valence-electron chi connectivity index (χ4n) is 12.6. The number of halogens is 9. The van der Waals surface area contributed by atoms with Gasteiger partial charge in [0.25, 0.3) is 0 Å². The summed E-state index contributed by atoms with van der Waals surface area (Å²) >= 11 is 13.7. The van der Waals surface area contributed by atoms with Gasteiger partial charge in [-0.2, -0.15) is 10.2 Å². The van der Waals surface area contributed by atoms with Crippen LogP contribution in [0.4, 0.5) is 37.0 Å². The highest BCUT2D eigenvalue weighted by atomic mass is 127. The van der Waals surface area contributed by atoms with E-state index >= 15 is 0 Å². The summed E-state index contributed by atoms with van der Waals surface area (Å²) in [5, 5.41) is 18.3. The third-order valence-corrected chi connectivity index (χ3v) is 18.7. The van der Waals surface area contributed by atoms with Crippen LogP contribution in [0.5, 0.6) is 0 Å². The molecule has 0 spiro atoms. The third kappa shape index (κ3) is 18.2. The number of carbonyl (C=O) groups excluding carboxylic acids is 1. The molecule has 104 heavy (non-hydrogen) atoms. The van der Waals surface area contributed by atoms with Gasteiger partial charge in [-0.1, -0.05) is 65.7 Å². The van der Waals surface area contributed by atoms with E-state index < -0.39 is 40.5 Å². The Hall–Kier alpha value is -9.03. The fourth-order valence-corrected chi connectivity index (χ4v) is 13.6. The van der Waals surface area contributed by atoms with Crippen molar-refractivity contribution in [2.75, 3.05) is 44.7 Å². The molecule has 5 aliphatic rings. The lowest BCUT2D eigenvalue weighted by Crippen LogP contribution is -2.36. The van der Waals surface area contributed by atoms with Crippen LogP contribution in [-0.4, -0.2) is 123 Å². The van der Waals surface area contributed by atoms with E-state index in [1.807, 2.05) is 55.3 Å². The Balaban J connectivity index is 0.000000129. The number of rotatable bonds is 9. The number of aliphatic imine (C=N–C) groups is 1. The van der Waals surface area contributed by atoms with Gasteiger partial charge in [0, 0.05) is 67.5 Å². The third-order valence-electron chi connectivity index (χ3n) is 17.5. The zero-order valence-electron chi connectivity index (χ0n) is 57.3. The summed E-state index contributed by atoms with van der Waals surface area (Å²) in [5.74, 6) is -2.85. The number of likely N-dealkylation sites (tertiary alicyclic amines) is 1. The number of aryl methyl sites for hydroxylation is 1. The van der Waals surface area contributed by atoms with Crippen LogP contribution >= 0.6 is 45.8 Å². The number of aromatic nitrogens is 10. The monoisotopic (exact) mass is 1570 g/mol. The molecule has 4 atom stereocenters. The second kappa shape index (κ2) is 33.8. The summed E-state index contributed by atoms with van der Waals surface area (Å²) in [7, 11) is 0. The van der Waals surface area contributed by atoms with E-state index in [0.29, 0.717) is 81.6 Å². The highest BCUT2D eigenvalue weighted by Crippen LogP contribution is 2.39. The number of nitrogens with one attached hydrogen (secondary N) is 2. The van der Waals surface area contributed by atoms with Crippen molar-refractivity contribution in [1.82, 2.24) is 59.7 Å². The van der Waals surface area contributed by atoms with Gasteiger partial charge in [0.2, 0.25) is 0 Å². The van der Waals surface area contributed by atoms with Gasteiger partial charge in [-0.3, -0.25) is 19.9 Å². The van der Waals surface area contributed by atoms with E-state index in [1.165, 1.54) is 67.0 Å². The number of hydrogen-bond donors (Lipinski definition) is 3. The maximum Gasteiger partial charge on any atom is 0.410 e. The van der Waals surface area contributed by atoms with Gasteiger partial charge < -0.3 is 35.5 Å². The number of ether oxygens (including phenoxy) is 3. The molecule has 4 N–H and O–H groups in total. The number of fused-ring (bicyclic) bond motifs is 3. The van der Waals surface area contributed by atoms with Gasteiger partial charge in [0.1, 0.15) is 77.4 Å². The number of anilines is 1. The van der Waals surface area contributed by atoms with Crippen LogP contribution < -0.4 is 16.4 Å². The Morgan fingerprint density at radius 1 is 0.635 bits per heavy atom. The van der Waals surface area contributed by atoms with Gasteiger partial charge in [-0.05, 0) is 197 Å².